The van der Waals surface area contributed by atoms with Gasteiger partial charge in [-0.3, -0.25) is 0 Å². The zero-order valence-corrected chi connectivity index (χ0v) is 16.6. The molecule has 3 rings (SSSR count). The van der Waals surface area contributed by atoms with Gasteiger partial charge in [-0.1, -0.05) is 19.1 Å². The van der Waals surface area contributed by atoms with Crippen molar-refractivity contribution in [1.82, 2.24) is 9.97 Å². The van der Waals surface area contributed by atoms with Crippen LogP contribution in [0.1, 0.15) is 37.2 Å². The van der Waals surface area contributed by atoms with E-state index in [-0.39, 0.29) is 6.10 Å². The molecule has 3 aromatic rings. The minimum absolute atomic E-state index is 0.154. The number of hydrogen-bond donors (Lipinski definition) is 1. The lowest BCUT2D eigenvalue weighted by Crippen LogP contribution is -2.09. The molecule has 4 nitrogen and oxygen atoms in total. The van der Waals surface area contributed by atoms with Gasteiger partial charge in [-0.15, -0.1) is 0 Å². The maximum Gasteiger partial charge on any atom is 0.149 e. The fourth-order valence-electron chi connectivity index (χ4n) is 2.57. The van der Waals surface area contributed by atoms with Crippen LogP contribution in [0.25, 0.3) is 22.7 Å². The fourth-order valence-corrected chi connectivity index (χ4v) is 3.06. The number of imidazole rings is 1. The van der Waals surface area contributed by atoms with Crippen molar-refractivity contribution in [3.8, 4) is 11.8 Å². The van der Waals surface area contributed by atoms with Gasteiger partial charge < -0.3 is 9.72 Å². The molecule has 0 spiro atoms. The molecule has 0 aliphatic rings. The first-order chi connectivity index (χ1) is 12.5. The SMILES string of the molecule is CC[C@@H](C)Oc1ccc(/C=C(/C#N)c2nc3ccc(C)cc3[nH]2)cc1Br. The summed E-state index contributed by atoms with van der Waals surface area (Å²) < 4.78 is 6.73. The van der Waals surface area contributed by atoms with Gasteiger partial charge in [-0.25, -0.2) is 4.98 Å². The summed E-state index contributed by atoms with van der Waals surface area (Å²) in [5.41, 5.74) is 4.32. The molecule has 0 aliphatic heterocycles. The van der Waals surface area contributed by atoms with Crippen LogP contribution in [-0.4, -0.2) is 16.1 Å². The lowest BCUT2D eigenvalue weighted by Gasteiger charge is -2.14. The highest BCUT2D eigenvalue weighted by molar-refractivity contribution is 9.10. The first-order valence-electron chi connectivity index (χ1n) is 8.55. The Kier molecular flexibility index (Phi) is 5.43. The average molecular weight is 410 g/mol. The van der Waals surface area contributed by atoms with E-state index in [9.17, 15) is 5.26 Å². The van der Waals surface area contributed by atoms with Crippen molar-refractivity contribution in [3.63, 3.8) is 0 Å². The number of aromatic nitrogens is 2. The number of allylic oxidation sites excluding steroid dienone is 1. The van der Waals surface area contributed by atoms with E-state index in [1.165, 1.54) is 0 Å². The highest BCUT2D eigenvalue weighted by atomic mass is 79.9. The Bertz CT molecular complexity index is 1010. The monoisotopic (exact) mass is 409 g/mol. The van der Waals surface area contributed by atoms with Crippen molar-refractivity contribution in [2.24, 2.45) is 0 Å². The molecule has 132 valence electrons. The molecule has 1 heterocycles. The van der Waals surface area contributed by atoms with Gasteiger partial charge in [0.1, 0.15) is 17.6 Å². The van der Waals surface area contributed by atoms with Crippen molar-refractivity contribution in [2.75, 3.05) is 0 Å². The summed E-state index contributed by atoms with van der Waals surface area (Å²) in [6, 6.07) is 14.0. The number of halogens is 1. The molecule has 0 saturated carbocycles. The summed E-state index contributed by atoms with van der Waals surface area (Å²) >= 11 is 3.55. The number of hydrogen-bond acceptors (Lipinski definition) is 3. The van der Waals surface area contributed by atoms with E-state index < -0.39 is 0 Å². The number of rotatable bonds is 5. The standard InChI is InChI=1S/C21H20BrN3O/c1-4-14(3)26-20-8-6-15(11-17(20)22)10-16(12-23)21-24-18-7-5-13(2)9-19(18)25-21/h5-11,14H,4H2,1-3H3,(H,24,25)/b16-10-/t14-/m1/s1. The van der Waals surface area contributed by atoms with E-state index >= 15 is 0 Å². The molecule has 0 aliphatic carbocycles. The molecule has 0 amide bonds. The summed E-state index contributed by atoms with van der Waals surface area (Å²) in [6.45, 7) is 6.16. The van der Waals surface area contributed by atoms with Crippen molar-refractivity contribution in [2.45, 2.75) is 33.3 Å². The third-order valence-corrected chi connectivity index (χ3v) is 4.80. The first kappa shape index (κ1) is 18.2. The molecule has 1 aromatic heterocycles. The molecule has 0 fully saturated rings. The zero-order valence-electron chi connectivity index (χ0n) is 15.0. The van der Waals surface area contributed by atoms with E-state index in [0.29, 0.717) is 11.4 Å². The minimum atomic E-state index is 0.154. The summed E-state index contributed by atoms with van der Waals surface area (Å²) in [7, 11) is 0. The van der Waals surface area contributed by atoms with Gasteiger partial charge in [-0.05, 0) is 77.7 Å². The Hall–Kier alpha value is -2.58. The quantitative estimate of drug-likeness (QED) is 0.535. The number of aryl methyl sites for hydroxylation is 1. The van der Waals surface area contributed by atoms with E-state index in [2.05, 4.69) is 38.9 Å². The van der Waals surface area contributed by atoms with E-state index in [1.807, 2.05) is 56.3 Å². The topological polar surface area (TPSA) is 61.7 Å². The van der Waals surface area contributed by atoms with Crippen LogP contribution in [0.2, 0.25) is 0 Å². The molecular formula is C21H20BrN3O. The van der Waals surface area contributed by atoms with Crippen molar-refractivity contribution in [1.29, 1.82) is 5.26 Å². The maximum absolute atomic E-state index is 9.58. The molecular weight excluding hydrogens is 390 g/mol. The van der Waals surface area contributed by atoms with Gasteiger partial charge in [-0.2, -0.15) is 5.26 Å². The molecule has 0 radical (unpaired) electrons. The number of nitrogens with zero attached hydrogens (tertiary/aromatic N) is 2. The zero-order chi connectivity index (χ0) is 18.7. The summed E-state index contributed by atoms with van der Waals surface area (Å²) in [5, 5.41) is 9.58. The lowest BCUT2D eigenvalue weighted by atomic mass is 10.1. The Morgan fingerprint density at radius 3 is 2.85 bits per heavy atom. The molecule has 5 heteroatoms. The second-order valence-corrected chi connectivity index (χ2v) is 7.16. The second kappa shape index (κ2) is 7.76. The Balaban J connectivity index is 1.93. The van der Waals surface area contributed by atoms with Crippen LogP contribution in [0.5, 0.6) is 5.75 Å². The smallest absolute Gasteiger partial charge is 0.149 e. The molecule has 0 saturated heterocycles. The number of ether oxygens (including phenoxy) is 1. The maximum atomic E-state index is 9.58. The van der Waals surface area contributed by atoms with E-state index in [4.69, 9.17) is 4.74 Å². The van der Waals surface area contributed by atoms with E-state index in [1.54, 1.807) is 0 Å². The second-order valence-electron chi connectivity index (χ2n) is 6.30. The highest BCUT2D eigenvalue weighted by Crippen LogP contribution is 2.29. The minimum Gasteiger partial charge on any atom is -0.490 e. The number of benzene rings is 2. The first-order valence-corrected chi connectivity index (χ1v) is 9.34. The number of fused-ring (bicyclic) bond motifs is 1. The lowest BCUT2D eigenvalue weighted by molar-refractivity contribution is 0.216. The predicted molar refractivity (Wildman–Crippen MR) is 109 cm³/mol. The number of nitriles is 1. The third-order valence-electron chi connectivity index (χ3n) is 4.18. The normalized spacial score (nSPS) is 12.8. The van der Waals surface area contributed by atoms with Crippen LogP contribution in [-0.2, 0) is 0 Å². The van der Waals surface area contributed by atoms with Gasteiger partial charge >= 0.3 is 0 Å². The van der Waals surface area contributed by atoms with Crippen molar-refractivity contribution in [3.05, 3.63) is 57.8 Å². The van der Waals surface area contributed by atoms with Gasteiger partial charge in [0, 0.05) is 0 Å². The van der Waals surface area contributed by atoms with Crippen molar-refractivity contribution >= 4 is 38.6 Å². The van der Waals surface area contributed by atoms with Gasteiger partial charge in [0.25, 0.3) is 0 Å². The summed E-state index contributed by atoms with van der Waals surface area (Å²) in [6.07, 6.45) is 2.92. The van der Waals surface area contributed by atoms with Gasteiger partial charge in [0.05, 0.1) is 27.2 Å². The molecule has 1 atom stereocenters. The van der Waals surface area contributed by atoms with Crippen LogP contribution in [0.15, 0.2) is 40.9 Å². The fraction of sp³-hybridized carbons (Fsp3) is 0.238. The third kappa shape index (κ3) is 3.97. The number of H-pyrrole nitrogens is 1. The molecule has 2 aromatic carbocycles. The summed E-state index contributed by atoms with van der Waals surface area (Å²) in [4.78, 5) is 7.76. The molecule has 0 unspecified atom stereocenters. The van der Waals surface area contributed by atoms with Crippen LogP contribution in [0.4, 0.5) is 0 Å². The Morgan fingerprint density at radius 2 is 2.15 bits per heavy atom. The highest BCUT2D eigenvalue weighted by Gasteiger charge is 2.10. The van der Waals surface area contributed by atoms with Gasteiger partial charge in [0.2, 0.25) is 0 Å². The van der Waals surface area contributed by atoms with E-state index in [0.717, 1.165) is 38.8 Å². The number of aromatic amines is 1. The Morgan fingerprint density at radius 1 is 1.35 bits per heavy atom. The molecule has 26 heavy (non-hydrogen) atoms. The Labute approximate surface area is 161 Å². The summed E-state index contributed by atoms with van der Waals surface area (Å²) in [5.74, 6) is 1.37. The molecule has 0 bridgehead atoms. The van der Waals surface area contributed by atoms with Crippen LogP contribution in [0, 0.1) is 18.3 Å². The van der Waals surface area contributed by atoms with Crippen molar-refractivity contribution < 1.29 is 4.74 Å². The number of nitrogens with one attached hydrogen (secondary N) is 1. The van der Waals surface area contributed by atoms with Crippen LogP contribution < -0.4 is 4.74 Å². The average Bonchev–Trinajstić information content (AvgIpc) is 3.04. The molecule has 1 N–H and O–H groups in total. The predicted octanol–water partition coefficient (Wildman–Crippen LogP) is 5.88. The largest absolute Gasteiger partial charge is 0.490 e. The van der Waals surface area contributed by atoms with Crippen LogP contribution >= 0.6 is 15.9 Å². The van der Waals surface area contributed by atoms with Crippen LogP contribution in [0.3, 0.4) is 0 Å². The van der Waals surface area contributed by atoms with Gasteiger partial charge in [0.15, 0.2) is 0 Å².